The van der Waals surface area contributed by atoms with Crippen molar-refractivity contribution in [2.45, 2.75) is 12.5 Å². The van der Waals surface area contributed by atoms with Gasteiger partial charge in [0.15, 0.2) is 0 Å². The fraction of sp³-hybridized carbons (Fsp3) is 0.500. The molecule has 0 saturated carbocycles. The molecule has 2 N–H and O–H groups in total. The molecule has 0 amide bonds. The van der Waals surface area contributed by atoms with E-state index in [2.05, 4.69) is 66.2 Å². The zero-order valence-electron chi connectivity index (χ0n) is 16.4. The minimum Gasteiger partial charge on any atom is -0.478 e. The largest absolute Gasteiger partial charge is 0.478 e. The molecule has 1 aromatic carbocycles. The number of hydrogen-bond acceptors (Lipinski definition) is 5. The van der Waals surface area contributed by atoms with Gasteiger partial charge in [0.2, 0.25) is 0 Å². The average molecular weight is 377 g/mol. The number of carboxylic acid groups (broad SMARTS) is 2. The molecular weight excluding hydrogens is 346 g/mol. The van der Waals surface area contributed by atoms with Crippen LogP contribution in [0.3, 0.4) is 0 Å². The van der Waals surface area contributed by atoms with Gasteiger partial charge in [0.25, 0.3) is 0 Å². The first kappa shape index (κ1) is 22.8. The van der Waals surface area contributed by atoms with Crippen molar-refractivity contribution in [3.63, 3.8) is 0 Å². The number of likely N-dealkylation sites (N-methyl/N-ethyl adjacent to an activating group) is 1. The number of benzene rings is 1. The maximum absolute atomic E-state index is 9.55. The molecule has 0 aromatic heterocycles. The Morgan fingerprint density at radius 2 is 1.56 bits per heavy atom. The summed E-state index contributed by atoms with van der Waals surface area (Å²) in [5.74, 6) is -2.51. The zero-order chi connectivity index (χ0) is 20.2. The van der Waals surface area contributed by atoms with Crippen molar-refractivity contribution >= 4 is 11.9 Å². The van der Waals surface area contributed by atoms with Gasteiger partial charge in [0.05, 0.1) is 0 Å². The van der Waals surface area contributed by atoms with Crippen molar-refractivity contribution in [2.24, 2.45) is 0 Å². The second kappa shape index (κ2) is 12.2. The maximum atomic E-state index is 9.55. The molecular formula is C20H31N3O4. The topological polar surface area (TPSA) is 84.3 Å². The minimum absolute atomic E-state index is 0.558. The molecule has 1 aliphatic rings. The summed E-state index contributed by atoms with van der Waals surface area (Å²) in [6.07, 6.45) is 2.32. The fourth-order valence-electron chi connectivity index (χ4n) is 2.89. The van der Waals surface area contributed by atoms with E-state index in [0.717, 1.165) is 6.54 Å². The highest BCUT2D eigenvalue weighted by atomic mass is 16.4. The lowest BCUT2D eigenvalue weighted by Gasteiger charge is -2.38. The Morgan fingerprint density at radius 3 is 2.00 bits per heavy atom. The lowest BCUT2D eigenvalue weighted by molar-refractivity contribution is -0.134. The summed E-state index contributed by atoms with van der Waals surface area (Å²) >= 11 is 0. The molecule has 7 heteroatoms. The Bertz CT molecular complexity index is 581. The third-order valence-electron chi connectivity index (χ3n) is 4.38. The quantitative estimate of drug-likeness (QED) is 0.699. The van der Waals surface area contributed by atoms with Crippen molar-refractivity contribution in [1.29, 1.82) is 0 Å². The van der Waals surface area contributed by atoms with Crippen LogP contribution in [0, 0.1) is 0 Å². The monoisotopic (exact) mass is 377 g/mol. The molecule has 2 rings (SSSR count). The SMILES string of the molecule is CN(C)CCC(c1ccccc1)N1CCN(C)CC1.O=C(O)/C=C\C(=O)O. The third-order valence-corrected chi connectivity index (χ3v) is 4.38. The van der Waals surface area contributed by atoms with E-state index < -0.39 is 11.9 Å². The van der Waals surface area contributed by atoms with Crippen molar-refractivity contribution in [3.8, 4) is 0 Å². The second-order valence-corrected chi connectivity index (χ2v) is 6.87. The first-order valence-electron chi connectivity index (χ1n) is 9.05. The molecule has 1 aromatic rings. The number of aliphatic carboxylic acids is 2. The Labute approximate surface area is 161 Å². The minimum atomic E-state index is -1.26. The first-order valence-corrected chi connectivity index (χ1v) is 9.05. The van der Waals surface area contributed by atoms with E-state index in [1.54, 1.807) is 0 Å². The molecule has 1 saturated heterocycles. The smallest absolute Gasteiger partial charge is 0.328 e. The van der Waals surface area contributed by atoms with Crippen LogP contribution in [0.1, 0.15) is 18.0 Å². The van der Waals surface area contributed by atoms with E-state index in [1.807, 2.05) is 0 Å². The molecule has 0 spiro atoms. The highest BCUT2D eigenvalue weighted by Crippen LogP contribution is 2.25. The van der Waals surface area contributed by atoms with Crippen LogP contribution in [-0.2, 0) is 9.59 Å². The van der Waals surface area contributed by atoms with Gasteiger partial charge in [-0.15, -0.1) is 0 Å². The van der Waals surface area contributed by atoms with Gasteiger partial charge in [-0.25, -0.2) is 9.59 Å². The summed E-state index contributed by atoms with van der Waals surface area (Å²) in [5.41, 5.74) is 1.47. The maximum Gasteiger partial charge on any atom is 0.328 e. The number of nitrogens with zero attached hydrogens (tertiary/aromatic N) is 3. The van der Waals surface area contributed by atoms with Crippen molar-refractivity contribution in [1.82, 2.24) is 14.7 Å². The van der Waals surface area contributed by atoms with Crippen LogP contribution in [0.4, 0.5) is 0 Å². The van der Waals surface area contributed by atoms with Crippen LogP contribution in [0.2, 0.25) is 0 Å². The van der Waals surface area contributed by atoms with Crippen LogP contribution in [-0.4, -0.2) is 90.7 Å². The van der Waals surface area contributed by atoms with Gasteiger partial charge in [0, 0.05) is 44.4 Å². The Morgan fingerprint density at radius 1 is 1.04 bits per heavy atom. The molecule has 27 heavy (non-hydrogen) atoms. The molecule has 1 heterocycles. The predicted octanol–water partition coefficient (Wildman–Crippen LogP) is 1.64. The van der Waals surface area contributed by atoms with E-state index in [1.165, 1.54) is 38.2 Å². The van der Waals surface area contributed by atoms with Crippen LogP contribution >= 0.6 is 0 Å². The molecule has 1 unspecified atom stereocenters. The van der Waals surface area contributed by atoms with Gasteiger partial charge in [0.1, 0.15) is 0 Å². The van der Waals surface area contributed by atoms with Crippen LogP contribution in [0.5, 0.6) is 0 Å². The number of carboxylic acids is 2. The number of hydrogen-bond donors (Lipinski definition) is 2. The molecule has 0 aliphatic carbocycles. The highest BCUT2D eigenvalue weighted by molar-refractivity contribution is 5.89. The summed E-state index contributed by atoms with van der Waals surface area (Å²) in [6, 6.07) is 11.5. The third kappa shape index (κ3) is 9.89. The van der Waals surface area contributed by atoms with Crippen LogP contribution in [0.25, 0.3) is 0 Å². The Hall–Kier alpha value is -2.22. The Kier molecular flexibility index (Phi) is 10.3. The summed E-state index contributed by atoms with van der Waals surface area (Å²) in [4.78, 5) is 26.5. The molecule has 1 atom stereocenters. The van der Waals surface area contributed by atoms with E-state index >= 15 is 0 Å². The number of rotatable bonds is 7. The standard InChI is InChI=1S/C16H27N3.C4H4O4/c1-17(2)10-9-16(15-7-5-4-6-8-15)19-13-11-18(3)12-14-19;5-3(6)1-2-4(7)8/h4-8,16H,9-14H2,1-3H3;1-2H,(H,5,6)(H,7,8)/b;2-1-. The summed E-state index contributed by atoms with van der Waals surface area (Å²) in [5, 5.41) is 15.6. The van der Waals surface area contributed by atoms with E-state index in [-0.39, 0.29) is 0 Å². The van der Waals surface area contributed by atoms with Gasteiger partial charge in [-0.1, -0.05) is 30.3 Å². The van der Waals surface area contributed by atoms with E-state index in [9.17, 15) is 9.59 Å². The molecule has 1 aliphatic heterocycles. The van der Waals surface area contributed by atoms with Gasteiger partial charge in [-0.05, 0) is 39.7 Å². The van der Waals surface area contributed by atoms with Crippen LogP contribution < -0.4 is 0 Å². The van der Waals surface area contributed by atoms with Crippen molar-refractivity contribution < 1.29 is 19.8 Å². The van der Waals surface area contributed by atoms with Gasteiger partial charge in [-0.2, -0.15) is 0 Å². The fourth-order valence-corrected chi connectivity index (χ4v) is 2.89. The van der Waals surface area contributed by atoms with Crippen molar-refractivity contribution in [3.05, 3.63) is 48.0 Å². The lowest BCUT2D eigenvalue weighted by Crippen LogP contribution is -2.46. The summed E-state index contributed by atoms with van der Waals surface area (Å²) < 4.78 is 0. The zero-order valence-corrected chi connectivity index (χ0v) is 16.4. The van der Waals surface area contributed by atoms with Gasteiger partial charge >= 0.3 is 11.9 Å². The van der Waals surface area contributed by atoms with Gasteiger partial charge < -0.3 is 20.0 Å². The summed E-state index contributed by atoms with van der Waals surface area (Å²) in [6.45, 7) is 5.88. The molecule has 1 fully saturated rings. The normalized spacial score (nSPS) is 16.7. The van der Waals surface area contributed by atoms with Crippen LogP contribution in [0.15, 0.2) is 42.5 Å². The number of carbonyl (C=O) groups is 2. The highest BCUT2D eigenvalue weighted by Gasteiger charge is 2.23. The summed E-state index contributed by atoms with van der Waals surface area (Å²) in [7, 11) is 6.53. The number of piperazine rings is 1. The molecule has 7 nitrogen and oxygen atoms in total. The molecule has 0 radical (unpaired) electrons. The predicted molar refractivity (Wildman–Crippen MR) is 106 cm³/mol. The molecule has 150 valence electrons. The van der Waals surface area contributed by atoms with Crippen molar-refractivity contribution in [2.75, 3.05) is 53.9 Å². The molecule has 0 bridgehead atoms. The van der Waals surface area contributed by atoms with Gasteiger partial charge in [-0.3, -0.25) is 4.90 Å². The average Bonchev–Trinajstić information content (AvgIpc) is 2.63. The van der Waals surface area contributed by atoms with E-state index in [4.69, 9.17) is 10.2 Å². The second-order valence-electron chi connectivity index (χ2n) is 6.87. The van der Waals surface area contributed by atoms with E-state index in [0.29, 0.717) is 18.2 Å². The lowest BCUT2D eigenvalue weighted by atomic mass is 10.0. The Balaban J connectivity index is 0.000000387. The first-order chi connectivity index (χ1) is 12.8.